The summed E-state index contributed by atoms with van der Waals surface area (Å²) in [7, 11) is 1.35. The van der Waals surface area contributed by atoms with Gasteiger partial charge in [-0.1, -0.05) is 11.6 Å². The average molecular weight is 179 g/mol. The molecule has 0 aliphatic carbocycles. The van der Waals surface area contributed by atoms with Gasteiger partial charge in [-0.2, -0.15) is 0 Å². The second kappa shape index (κ2) is 3.82. The number of carboxylic acids is 1. The zero-order valence-electron chi connectivity index (χ0n) is 5.68. The van der Waals surface area contributed by atoms with Crippen molar-refractivity contribution < 1.29 is 15.0 Å². The highest BCUT2D eigenvalue weighted by Crippen LogP contribution is 2.05. The molecule has 0 bridgehead atoms. The van der Waals surface area contributed by atoms with Gasteiger partial charge in [0.2, 0.25) is 5.88 Å². The van der Waals surface area contributed by atoms with Crippen molar-refractivity contribution in [2.24, 2.45) is 0 Å². The van der Waals surface area contributed by atoms with Crippen molar-refractivity contribution in [3.8, 4) is 0 Å². The number of aliphatic carboxylic acids is 1. The highest BCUT2D eigenvalue weighted by molar-refractivity contribution is 6.57. The van der Waals surface area contributed by atoms with Gasteiger partial charge in [0.25, 0.3) is 0 Å². The van der Waals surface area contributed by atoms with Crippen LogP contribution in [-0.4, -0.2) is 28.9 Å². The molecule has 0 rings (SSSR count). The van der Waals surface area contributed by atoms with E-state index in [9.17, 15) is 4.79 Å². The molecule has 62 valence electrons. The molecule has 0 aromatic rings. The standard InChI is InChI=1S/C5H7ClN2O3/c1-8-4(9)2(6)3(7)5(10)11/h7-9H,1H3,(H,10,11)/b4-2-,7-3?. The molecule has 0 fully saturated rings. The molecular weight excluding hydrogens is 172 g/mol. The molecule has 0 saturated heterocycles. The number of nitrogens with one attached hydrogen (secondary N) is 2. The molecule has 5 nitrogen and oxygen atoms in total. The van der Waals surface area contributed by atoms with Crippen LogP contribution in [0.15, 0.2) is 10.9 Å². The van der Waals surface area contributed by atoms with E-state index in [1.165, 1.54) is 7.05 Å². The van der Waals surface area contributed by atoms with Crippen LogP contribution in [-0.2, 0) is 4.79 Å². The summed E-state index contributed by atoms with van der Waals surface area (Å²) >= 11 is 5.24. The lowest BCUT2D eigenvalue weighted by Gasteiger charge is -2.00. The van der Waals surface area contributed by atoms with Crippen LogP contribution in [0.1, 0.15) is 0 Å². The SMILES string of the molecule is CN/C(O)=C(/Cl)C(=N)C(=O)O. The Bertz CT molecular complexity index is 224. The number of hydrogen-bond donors (Lipinski definition) is 4. The van der Waals surface area contributed by atoms with Crippen molar-refractivity contribution in [2.75, 3.05) is 7.05 Å². The van der Waals surface area contributed by atoms with E-state index in [0.29, 0.717) is 0 Å². The van der Waals surface area contributed by atoms with Gasteiger partial charge in [-0.15, -0.1) is 0 Å². The number of carbonyl (C=O) groups is 1. The highest BCUT2D eigenvalue weighted by atomic mass is 35.5. The third-order valence-electron chi connectivity index (χ3n) is 0.878. The summed E-state index contributed by atoms with van der Waals surface area (Å²) in [6, 6.07) is 0. The first kappa shape index (κ1) is 9.77. The van der Waals surface area contributed by atoms with Crippen molar-refractivity contribution in [1.29, 1.82) is 5.41 Å². The van der Waals surface area contributed by atoms with Crippen molar-refractivity contribution in [3.05, 3.63) is 10.9 Å². The summed E-state index contributed by atoms with van der Waals surface area (Å²) < 4.78 is 0. The Balaban J connectivity index is 4.61. The number of hydrogen-bond acceptors (Lipinski definition) is 4. The van der Waals surface area contributed by atoms with Gasteiger partial charge in [0.05, 0.1) is 0 Å². The number of halogens is 1. The van der Waals surface area contributed by atoms with E-state index in [0.717, 1.165) is 0 Å². The van der Waals surface area contributed by atoms with Crippen LogP contribution in [0.2, 0.25) is 0 Å². The number of carboxylic acid groups (broad SMARTS) is 1. The second-order valence-electron chi connectivity index (χ2n) is 1.59. The van der Waals surface area contributed by atoms with Crippen molar-refractivity contribution in [2.45, 2.75) is 0 Å². The van der Waals surface area contributed by atoms with Crippen molar-refractivity contribution in [3.63, 3.8) is 0 Å². The maximum absolute atomic E-state index is 10.1. The summed E-state index contributed by atoms with van der Waals surface area (Å²) in [6.07, 6.45) is 0. The number of aliphatic hydroxyl groups is 1. The lowest BCUT2D eigenvalue weighted by Crippen LogP contribution is -2.17. The molecule has 0 aromatic heterocycles. The van der Waals surface area contributed by atoms with E-state index < -0.39 is 22.6 Å². The Morgan fingerprint density at radius 3 is 2.27 bits per heavy atom. The summed E-state index contributed by atoms with van der Waals surface area (Å²) in [6.45, 7) is 0. The largest absolute Gasteiger partial charge is 0.494 e. The van der Waals surface area contributed by atoms with Crippen LogP contribution in [0.5, 0.6) is 0 Å². The topological polar surface area (TPSA) is 93.4 Å². The lowest BCUT2D eigenvalue weighted by molar-refractivity contribution is -0.129. The van der Waals surface area contributed by atoms with Gasteiger partial charge in [-0.25, -0.2) is 4.79 Å². The maximum atomic E-state index is 10.1. The maximum Gasteiger partial charge on any atom is 0.355 e. The molecule has 0 spiro atoms. The van der Waals surface area contributed by atoms with E-state index >= 15 is 0 Å². The van der Waals surface area contributed by atoms with Crippen LogP contribution < -0.4 is 5.32 Å². The zero-order valence-corrected chi connectivity index (χ0v) is 6.44. The summed E-state index contributed by atoms with van der Waals surface area (Å²) in [5.41, 5.74) is -0.849. The van der Waals surface area contributed by atoms with Gasteiger partial charge in [-0.3, -0.25) is 5.41 Å². The lowest BCUT2D eigenvalue weighted by atomic mass is 10.3. The van der Waals surface area contributed by atoms with E-state index in [1.54, 1.807) is 0 Å². The Morgan fingerprint density at radius 2 is 2.00 bits per heavy atom. The van der Waals surface area contributed by atoms with Gasteiger partial charge in [0.15, 0.2) is 5.71 Å². The first-order chi connectivity index (χ1) is 5.00. The normalized spacial score (nSPS) is 11.8. The molecule has 0 aliphatic heterocycles. The summed E-state index contributed by atoms with van der Waals surface area (Å²) in [5.74, 6) is -2.02. The third kappa shape index (κ3) is 2.46. The second-order valence-corrected chi connectivity index (χ2v) is 1.97. The molecular formula is C5H7ClN2O3. The van der Waals surface area contributed by atoms with Gasteiger partial charge < -0.3 is 15.5 Å². The van der Waals surface area contributed by atoms with Crippen molar-refractivity contribution >= 4 is 23.3 Å². The van der Waals surface area contributed by atoms with Crippen LogP contribution >= 0.6 is 11.6 Å². The van der Waals surface area contributed by atoms with E-state index in [2.05, 4.69) is 5.32 Å². The molecule has 0 amide bonds. The molecule has 0 saturated carbocycles. The molecule has 4 N–H and O–H groups in total. The van der Waals surface area contributed by atoms with E-state index in [4.69, 9.17) is 27.2 Å². The molecule has 0 unspecified atom stereocenters. The highest BCUT2D eigenvalue weighted by Gasteiger charge is 2.14. The van der Waals surface area contributed by atoms with E-state index in [1.807, 2.05) is 0 Å². The van der Waals surface area contributed by atoms with Gasteiger partial charge in [0.1, 0.15) is 5.03 Å². The Labute approximate surface area is 67.8 Å². The van der Waals surface area contributed by atoms with Crippen LogP contribution in [0.3, 0.4) is 0 Å². The minimum absolute atomic E-state index is 0.514. The number of aliphatic hydroxyl groups excluding tert-OH is 1. The Hall–Kier alpha value is -1.23. The fourth-order valence-corrected chi connectivity index (χ4v) is 0.497. The third-order valence-corrected chi connectivity index (χ3v) is 1.25. The molecule has 0 heterocycles. The Kier molecular flexibility index (Phi) is 3.39. The minimum Gasteiger partial charge on any atom is -0.494 e. The molecule has 0 radical (unpaired) electrons. The number of rotatable bonds is 3. The predicted molar refractivity (Wildman–Crippen MR) is 39.9 cm³/mol. The Morgan fingerprint density at radius 1 is 1.55 bits per heavy atom. The monoisotopic (exact) mass is 178 g/mol. The fourth-order valence-electron chi connectivity index (χ4n) is 0.322. The molecule has 0 aliphatic rings. The molecule has 11 heavy (non-hydrogen) atoms. The van der Waals surface area contributed by atoms with Crippen LogP contribution in [0, 0.1) is 5.41 Å². The predicted octanol–water partition coefficient (Wildman–Crippen LogP) is 0.276. The van der Waals surface area contributed by atoms with Crippen molar-refractivity contribution in [1.82, 2.24) is 5.32 Å². The van der Waals surface area contributed by atoms with Crippen LogP contribution in [0.25, 0.3) is 0 Å². The first-order valence-corrected chi connectivity index (χ1v) is 2.97. The first-order valence-electron chi connectivity index (χ1n) is 2.59. The van der Waals surface area contributed by atoms with Gasteiger partial charge in [0, 0.05) is 7.05 Å². The van der Waals surface area contributed by atoms with Crippen LogP contribution in [0.4, 0.5) is 0 Å². The van der Waals surface area contributed by atoms with E-state index in [-0.39, 0.29) is 0 Å². The molecule has 0 aromatic carbocycles. The minimum atomic E-state index is -1.49. The summed E-state index contributed by atoms with van der Waals surface area (Å²) in [4.78, 5) is 10.1. The fraction of sp³-hybridized carbons (Fsp3) is 0.200. The summed E-state index contributed by atoms with van der Waals surface area (Å²) in [5, 5.41) is 25.5. The van der Waals surface area contributed by atoms with Gasteiger partial charge >= 0.3 is 5.97 Å². The van der Waals surface area contributed by atoms with Gasteiger partial charge in [-0.05, 0) is 0 Å². The quantitative estimate of drug-likeness (QED) is 0.369. The molecule has 0 atom stereocenters. The smallest absolute Gasteiger partial charge is 0.355 e. The molecule has 6 heteroatoms. The zero-order chi connectivity index (χ0) is 9.02. The average Bonchev–Trinajstić information content (AvgIpc) is 2.00.